The van der Waals surface area contributed by atoms with Crippen molar-refractivity contribution in [1.82, 2.24) is 5.32 Å². The van der Waals surface area contributed by atoms with Crippen LogP contribution in [0.1, 0.15) is 27.0 Å². The lowest BCUT2D eigenvalue weighted by atomic mass is 10.0. The molecule has 2 nitrogen and oxygen atoms in total. The van der Waals surface area contributed by atoms with Gasteiger partial charge in [-0.05, 0) is 47.9 Å². The molecule has 0 bridgehead atoms. The van der Waals surface area contributed by atoms with Crippen LogP contribution in [0.15, 0.2) is 60.7 Å². The van der Waals surface area contributed by atoms with Crippen LogP contribution in [0.4, 0.5) is 0 Å². The molecule has 0 aliphatic rings. The van der Waals surface area contributed by atoms with Crippen LogP contribution in [0.25, 0.3) is 10.8 Å². The van der Waals surface area contributed by atoms with Gasteiger partial charge in [0.25, 0.3) is 5.91 Å². The first-order valence-corrected chi connectivity index (χ1v) is 7.46. The maximum atomic E-state index is 12.3. The maximum absolute atomic E-state index is 12.3. The van der Waals surface area contributed by atoms with Crippen LogP contribution in [-0.2, 0) is 6.54 Å². The topological polar surface area (TPSA) is 29.1 Å². The molecule has 1 N–H and O–H groups in total. The highest BCUT2D eigenvalue weighted by Crippen LogP contribution is 2.16. The Kier molecular flexibility index (Phi) is 3.92. The van der Waals surface area contributed by atoms with Crippen molar-refractivity contribution in [2.45, 2.75) is 20.4 Å². The Morgan fingerprint density at radius 3 is 2.50 bits per heavy atom. The first-order valence-electron chi connectivity index (χ1n) is 7.46. The lowest BCUT2D eigenvalue weighted by Gasteiger charge is -2.09. The summed E-state index contributed by atoms with van der Waals surface area (Å²) in [6.07, 6.45) is 0. The molecule has 2 heteroatoms. The zero-order valence-electron chi connectivity index (χ0n) is 12.9. The summed E-state index contributed by atoms with van der Waals surface area (Å²) in [4.78, 5) is 12.3. The van der Waals surface area contributed by atoms with Crippen LogP contribution in [0, 0.1) is 13.8 Å². The number of fused-ring (bicyclic) bond motifs is 1. The van der Waals surface area contributed by atoms with E-state index in [1.54, 1.807) is 0 Å². The van der Waals surface area contributed by atoms with E-state index < -0.39 is 0 Å². The molecule has 0 fully saturated rings. The van der Waals surface area contributed by atoms with Crippen LogP contribution >= 0.6 is 0 Å². The number of carbonyl (C=O) groups is 1. The van der Waals surface area contributed by atoms with Gasteiger partial charge in [-0.25, -0.2) is 0 Å². The SMILES string of the molecule is Cc1ccc(C)c(C(=O)NCc2ccc3ccccc3c2)c1. The van der Waals surface area contributed by atoms with Gasteiger partial charge in [-0.2, -0.15) is 0 Å². The quantitative estimate of drug-likeness (QED) is 0.761. The Balaban J connectivity index is 1.75. The third-order valence-corrected chi connectivity index (χ3v) is 3.90. The largest absolute Gasteiger partial charge is 0.348 e. The fourth-order valence-electron chi connectivity index (χ4n) is 2.61. The molecule has 110 valence electrons. The van der Waals surface area contributed by atoms with E-state index in [1.165, 1.54) is 10.8 Å². The molecule has 3 aromatic carbocycles. The first kappa shape index (κ1) is 14.3. The third kappa shape index (κ3) is 3.01. The monoisotopic (exact) mass is 289 g/mol. The van der Waals surface area contributed by atoms with E-state index in [-0.39, 0.29) is 5.91 Å². The fourth-order valence-corrected chi connectivity index (χ4v) is 2.61. The van der Waals surface area contributed by atoms with Crippen molar-refractivity contribution in [3.8, 4) is 0 Å². The molecular weight excluding hydrogens is 270 g/mol. The Morgan fingerprint density at radius 2 is 1.68 bits per heavy atom. The van der Waals surface area contributed by atoms with Gasteiger partial charge in [0, 0.05) is 12.1 Å². The summed E-state index contributed by atoms with van der Waals surface area (Å²) in [5.41, 5.74) is 3.96. The Bertz CT molecular complexity index is 836. The summed E-state index contributed by atoms with van der Waals surface area (Å²) < 4.78 is 0. The second-order valence-corrected chi connectivity index (χ2v) is 5.68. The van der Waals surface area contributed by atoms with Gasteiger partial charge in [0.15, 0.2) is 0 Å². The normalized spacial score (nSPS) is 10.6. The molecule has 0 saturated heterocycles. The minimum absolute atomic E-state index is 0.0191. The molecule has 0 aliphatic heterocycles. The van der Waals surface area contributed by atoms with E-state index in [1.807, 2.05) is 44.2 Å². The second-order valence-electron chi connectivity index (χ2n) is 5.68. The van der Waals surface area contributed by atoms with Crippen molar-refractivity contribution in [1.29, 1.82) is 0 Å². The molecule has 0 atom stereocenters. The highest BCUT2D eigenvalue weighted by molar-refractivity contribution is 5.95. The average molecular weight is 289 g/mol. The lowest BCUT2D eigenvalue weighted by Crippen LogP contribution is -2.23. The highest BCUT2D eigenvalue weighted by Gasteiger charge is 2.08. The number of carbonyl (C=O) groups excluding carboxylic acids is 1. The number of hydrogen-bond acceptors (Lipinski definition) is 1. The molecule has 0 spiro atoms. The predicted molar refractivity (Wildman–Crippen MR) is 91.0 cm³/mol. The van der Waals surface area contributed by atoms with E-state index >= 15 is 0 Å². The lowest BCUT2D eigenvalue weighted by molar-refractivity contribution is 0.0950. The molecule has 0 unspecified atom stereocenters. The summed E-state index contributed by atoms with van der Waals surface area (Å²) in [7, 11) is 0. The highest BCUT2D eigenvalue weighted by atomic mass is 16.1. The number of benzene rings is 3. The van der Waals surface area contributed by atoms with Crippen molar-refractivity contribution in [3.63, 3.8) is 0 Å². The van der Waals surface area contributed by atoms with Crippen LogP contribution in [0.2, 0.25) is 0 Å². The Hall–Kier alpha value is -2.61. The van der Waals surface area contributed by atoms with Crippen molar-refractivity contribution in [2.75, 3.05) is 0 Å². The van der Waals surface area contributed by atoms with Gasteiger partial charge in [-0.3, -0.25) is 4.79 Å². The molecular formula is C20H19NO. The number of rotatable bonds is 3. The van der Waals surface area contributed by atoms with E-state index in [0.717, 1.165) is 22.3 Å². The molecule has 0 radical (unpaired) electrons. The molecule has 1 amide bonds. The second kappa shape index (κ2) is 6.02. The van der Waals surface area contributed by atoms with Gasteiger partial charge < -0.3 is 5.32 Å². The van der Waals surface area contributed by atoms with E-state index in [0.29, 0.717) is 6.54 Å². The maximum Gasteiger partial charge on any atom is 0.251 e. The molecule has 0 heterocycles. The van der Waals surface area contributed by atoms with Gasteiger partial charge in [-0.15, -0.1) is 0 Å². The number of hydrogen-bond donors (Lipinski definition) is 1. The smallest absolute Gasteiger partial charge is 0.251 e. The van der Waals surface area contributed by atoms with Gasteiger partial charge in [0.1, 0.15) is 0 Å². The number of nitrogens with one attached hydrogen (secondary N) is 1. The summed E-state index contributed by atoms with van der Waals surface area (Å²) >= 11 is 0. The van der Waals surface area contributed by atoms with Gasteiger partial charge in [-0.1, -0.05) is 54.1 Å². The standard InChI is InChI=1S/C20H19NO/c1-14-7-8-15(2)19(11-14)20(22)21-13-16-9-10-17-5-3-4-6-18(17)12-16/h3-12H,13H2,1-2H3,(H,21,22). The number of amides is 1. The van der Waals surface area contributed by atoms with E-state index in [9.17, 15) is 4.79 Å². The van der Waals surface area contributed by atoms with Crippen molar-refractivity contribution in [2.24, 2.45) is 0 Å². The van der Waals surface area contributed by atoms with Crippen molar-refractivity contribution < 1.29 is 4.79 Å². The van der Waals surface area contributed by atoms with Crippen LogP contribution < -0.4 is 5.32 Å². The minimum atomic E-state index is -0.0191. The first-order chi connectivity index (χ1) is 10.6. The summed E-state index contributed by atoms with van der Waals surface area (Å²) in [5, 5.41) is 5.42. The molecule has 0 saturated carbocycles. The van der Waals surface area contributed by atoms with E-state index in [2.05, 4.69) is 35.6 Å². The summed E-state index contributed by atoms with van der Waals surface area (Å²) in [6, 6.07) is 20.5. The Morgan fingerprint density at radius 1 is 0.909 bits per heavy atom. The van der Waals surface area contributed by atoms with Gasteiger partial charge in [0.05, 0.1) is 0 Å². The fraction of sp³-hybridized carbons (Fsp3) is 0.150. The van der Waals surface area contributed by atoms with Crippen molar-refractivity contribution in [3.05, 3.63) is 82.9 Å². The molecule has 22 heavy (non-hydrogen) atoms. The van der Waals surface area contributed by atoms with Gasteiger partial charge >= 0.3 is 0 Å². The van der Waals surface area contributed by atoms with E-state index in [4.69, 9.17) is 0 Å². The van der Waals surface area contributed by atoms with Gasteiger partial charge in [0.2, 0.25) is 0 Å². The number of aryl methyl sites for hydroxylation is 2. The minimum Gasteiger partial charge on any atom is -0.348 e. The summed E-state index contributed by atoms with van der Waals surface area (Å²) in [5.74, 6) is -0.0191. The molecule has 3 aromatic rings. The summed E-state index contributed by atoms with van der Waals surface area (Å²) in [6.45, 7) is 4.50. The third-order valence-electron chi connectivity index (χ3n) is 3.90. The predicted octanol–water partition coefficient (Wildman–Crippen LogP) is 4.39. The zero-order chi connectivity index (χ0) is 15.5. The van der Waals surface area contributed by atoms with Crippen LogP contribution in [-0.4, -0.2) is 5.91 Å². The zero-order valence-corrected chi connectivity index (χ0v) is 12.9. The average Bonchev–Trinajstić information content (AvgIpc) is 2.54. The van der Waals surface area contributed by atoms with Crippen LogP contribution in [0.5, 0.6) is 0 Å². The Labute approximate surface area is 130 Å². The molecule has 0 aromatic heterocycles. The van der Waals surface area contributed by atoms with Crippen molar-refractivity contribution >= 4 is 16.7 Å². The van der Waals surface area contributed by atoms with Crippen LogP contribution in [0.3, 0.4) is 0 Å². The molecule has 0 aliphatic carbocycles. The molecule has 3 rings (SSSR count).